The van der Waals surface area contributed by atoms with Gasteiger partial charge in [0, 0.05) is 18.2 Å². The van der Waals surface area contributed by atoms with Crippen molar-refractivity contribution in [3.05, 3.63) is 35.2 Å². The molecule has 0 aliphatic carbocycles. The molecule has 1 aromatic heterocycles. The lowest BCUT2D eigenvalue weighted by atomic mass is 10.1. The van der Waals surface area contributed by atoms with Gasteiger partial charge in [-0.3, -0.25) is 4.68 Å². The minimum absolute atomic E-state index is 0.0669. The highest BCUT2D eigenvalue weighted by Gasteiger charge is 2.12. The van der Waals surface area contributed by atoms with E-state index in [9.17, 15) is 4.39 Å². The average molecular weight is 226 g/mol. The number of aryl methyl sites for hydroxylation is 1. The molecule has 0 saturated carbocycles. The second kappa shape index (κ2) is 3.55. The first-order valence-electron chi connectivity index (χ1n) is 4.33. The molecule has 15 heavy (non-hydrogen) atoms. The number of anilines is 1. The number of aromatic nitrogens is 2. The summed E-state index contributed by atoms with van der Waals surface area (Å²) < 4.78 is 14.7. The first kappa shape index (κ1) is 9.98. The van der Waals surface area contributed by atoms with Crippen LogP contribution in [0, 0.1) is 5.82 Å². The molecule has 5 heteroatoms. The summed E-state index contributed by atoms with van der Waals surface area (Å²) in [5.41, 5.74) is 6.97. The van der Waals surface area contributed by atoms with Crippen LogP contribution in [0.25, 0.3) is 11.1 Å². The van der Waals surface area contributed by atoms with Gasteiger partial charge >= 0.3 is 0 Å². The maximum absolute atomic E-state index is 13.2. The van der Waals surface area contributed by atoms with Crippen molar-refractivity contribution in [2.24, 2.45) is 7.05 Å². The van der Waals surface area contributed by atoms with E-state index in [1.165, 1.54) is 10.7 Å². The zero-order valence-corrected chi connectivity index (χ0v) is 8.79. The van der Waals surface area contributed by atoms with Crippen molar-refractivity contribution >= 4 is 17.4 Å². The summed E-state index contributed by atoms with van der Waals surface area (Å²) in [5, 5.41) is 4.04. The molecule has 0 bridgehead atoms. The number of nitrogen functional groups attached to an aromatic ring is 1. The Morgan fingerprint density at radius 1 is 1.40 bits per heavy atom. The molecule has 2 aromatic rings. The van der Waals surface area contributed by atoms with Gasteiger partial charge in [-0.2, -0.15) is 5.10 Å². The lowest BCUT2D eigenvalue weighted by Crippen LogP contribution is -1.98. The highest BCUT2D eigenvalue weighted by molar-refractivity contribution is 6.33. The molecule has 3 nitrogen and oxygen atoms in total. The summed E-state index contributed by atoms with van der Waals surface area (Å²) >= 11 is 5.84. The fraction of sp³-hybridized carbons (Fsp3) is 0.100. The van der Waals surface area contributed by atoms with Crippen LogP contribution >= 0.6 is 11.6 Å². The Hall–Kier alpha value is -1.55. The predicted molar refractivity (Wildman–Crippen MR) is 58.0 cm³/mol. The Kier molecular flexibility index (Phi) is 2.36. The number of benzene rings is 1. The van der Waals surface area contributed by atoms with Crippen LogP contribution in [0.5, 0.6) is 0 Å². The van der Waals surface area contributed by atoms with Crippen molar-refractivity contribution in [2.75, 3.05) is 5.73 Å². The van der Waals surface area contributed by atoms with Crippen LogP contribution in [0.2, 0.25) is 5.02 Å². The van der Waals surface area contributed by atoms with E-state index >= 15 is 0 Å². The Morgan fingerprint density at radius 3 is 2.73 bits per heavy atom. The molecule has 2 rings (SSSR count). The molecule has 0 radical (unpaired) electrons. The third kappa shape index (κ3) is 1.57. The summed E-state index contributed by atoms with van der Waals surface area (Å²) in [6, 6.07) is 4.60. The highest BCUT2D eigenvalue weighted by atomic mass is 35.5. The van der Waals surface area contributed by atoms with Crippen LogP contribution in [-0.2, 0) is 7.05 Å². The Bertz CT molecular complexity index is 507. The van der Waals surface area contributed by atoms with E-state index in [0.29, 0.717) is 16.9 Å². The summed E-state index contributed by atoms with van der Waals surface area (Å²) in [6.45, 7) is 0. The largest absolute Gasteiger partial charge is 0.383 e. The molecule has 0 aliphatic heterocycles. The molecule has 78 valence electrons. The van der Waals surface area contributed by atoms with Gasteiger partial charge in [0.25, 0.3) is 0 Å². The van der Waals surface area contributed by atoms with Gasteiger partial charge in [-0.15, -0.1) is 0 Å². The molecule has 0 spiro atoms. The average Bonchev–Trinajstić information content (AvgIpc) is 2.53. The molecule has 2 N–H and O–H groups in total. The van der Waals surface area contributed by atoms with Crippen LogP contribution in [0.15, 0.2) is 24.4 Å². The summed E-state index contributed by atoms with van der Waals surface area (Å²) in [4.78, 5) is 0. The number of rotatable bonds is 1. The minimum Gasteiger partial charge on any atom is -0.383 e. The monoisotopic (exact) mass is 225 g/mol. The third-order valence-corrected chi connectivity index (χ3v) is 2.61. The molecule has 0 fully saturated rings. The van der Waals surface area contributed by atoms with E-state index < -0.39 is 5.82 Å². The van der Waals surface area contributed by atoms with E-state index in [-0.39, 0.29) is 5.02 Å². The number of hydrogen-bond acceptors (Lipinski definition) is 2. The zero-order valence-electron chi connectivity index (χ0n) is 8.04. The number of hydrogen-bond donors (Lipinski definition) is 1. The molecule has 1 aromatic carbocycles. The third-order valence-electron chi connectivity index (χ3n) is 2.23. The van der Waals surface area contributed by atoms with E-state index in [1.54, 1.807) is 25.4 Å². The van der Waals surface area contributed by atoms with Crippen molar-refractivity contribution < 1.29 is 4.39 Å². The maximum Gasteiger partial charge on any atom is 0.142 e. The van der Waals surface area contributed by atoms with E-state index in [2.05, 4.69) is 5.10 Å². The molecule has 0 unspecified atom stereocenters. The van der Waals surface area contributed by atoms with Gasteiger partial charge in [0.1, 0.15) is 11.6 Å². The van der Waals surface area contributed by atoms with Crippen LogP contribution in [0.4, 0.5) is 10.2 Å². The minimum atomic E-state index is -0.461. The Morgan fingerprint density at radius 2 is 2.13 bits per heavy atom. The fourth-order valence-corrected chi connectivity index (χ4v) is 1.59. The normalized spacial score (nSPS) is 10.6. The van der Waals surface area contributed by atoms with Crippen molar-refractivity contribution in [3.8, 4) is 11.1 Å². The first-order chi connectivity index (χ1) is 7.11. The fourth-order valence-electron chi connectivity index (χ4n) is 1.37. The number of nitrogens with two attached hydrogens (primary N) is 1. The summed E-state index contributed by atoms with van der Waals surface area (Å²) in [6.07, 6.45) is 1.57. The van der Waals surface area contributed by atoms with Gasteiger partial charge in [0.2, 0.25) is 0 Å². The zero-order chi connectivity index (χ0) is 11.0. The molecule has 0 atom stereocenters. The van der Waals surface area contributed by atoms with Crippen molar-refractivity contribution in [1.29, 1.82) is 0 Å². The standard InChI is InChI=1S/C10H9ClFN3/c1-15-10(13)7(5-14-15)6-3-2-4-8(12)9(6)11/h2-5H,13H2,1H3. The van der Waals surface area contributed by atoms with Gasteiger partial charge in [-0.25, -0.2) is 4.39 Å². The van der Waals surface area contributed by atoms with Gasteiger partial charge in [-0.1, -0.05) is 23.7 Å². The second-order valence-corrected chi connectivity index (χ2v) is 3.55. The molecule has 0 aliphatic rings. The Balaban J connectivity index is 2.64. The lowest BCUT2D eigenvalue weighted by Gasteiger charge is -2.03. The first-order valence-corrected chi connectivity index (χ1v) is 4.71. The van der Waals surface area contributed by atoms with E-state index in [1.807, 2.05) is 0 Å². The molecular formula is C10H9ClFN3. The lowest BCUT2D eigenvalue weighted by molar-refractivity contribution is 0.629. The summed E-state index contributed by atoms with van der Waals surface area (Å²) in [7, 11) is 1.71. The second-order valence-electron chi connectivity index (χ2n) is 3.17. The van der Waals surface area contributed by atoms with Crippen molar-refractivity contribution in [2.45, 2.75) is 0 Å². The van der Waals surface area contributed by atoms with Gasteiger partial charge in [-0.05, 0) is 6.07 Å². The number of nitrogens with zero attached hydrogens (tertiary/aromatic N) is 2. The van der Waals surface area contributed by atoms with Crippen LogP contribution in [0.1, 0.15) is 0 Å². The van der Waals surface area contributed by atoms with Crippen LogP contribution < -0.4 is 5.73 Å². The number of halogens is 2. The molecule has 0 amide bonds. The van der Waals surface area contributed by atoms with Gasteiger partial charge < -0.3 is 5.73 Å². The topological polar surface area (TPSA) is 43.8 Å². The Labute approximate surface area is 91.3 Å². The predicted octanol–water partition coefficient (Wildman–Crippen LogP) is 2.46. The molecule has 0 saturated heterocycles. The molecule has 1 heterocycles. The van der Waals surface area contributed by atoms with E-state index in [4.69, 9.17) is 17.3 Å². The van der Waals surface area contributed by atoms with Crippen molar-refractivity contribution in [1.82, 2.24) is 9.78 Å². The molecular weight excluding hydrogens is 217 g/mol. The van der Waals surface area contributed by atoms with Crippen molar-refractivity contribution in [3.63, 3.8) is 0 Å². The maximum atomic E-state index is 13.2. The van der Waals surface area contributed by atoms with Gasteiger partial charge in [0.05, 0.1) is 11.2 Å². The highest BCUT2D eigenvalue weighted by Crippen LogP contribution is 2.32. The van der Waals surface area contributed by atoms with Crippen LogP contribution in [-0.4, -0.2) is 9.78 Å². The quantitative estimate of drug-likeness (QED) is 0.810. The van der Waals surface area contributed by atoms with Crippen LogP contribution in [0.3, 0.4) is 0 Å². The SMILES string of the molecule is Cn1ncc(-c2cccc(F)c2Cl)c1N. The van der Waals surface area contributed by atoms with Gasteiger partial charge in [0.15, 0.2) is 0 Å². The summed E-state index contributed by atoms with van der Waals surface area (Å²) in [5.74, 6) is -0.0000743. The smallest absolute Gasteiger partial charge is 0.142 e. The van der Waals surface area contributed by atoms with E-state index in [0.717, 1.165) is 0 Å².